The predicted molar refractivity (Wildman–Crippen MR) is 161 cm³/mol. The van der Waals surface area contributed by atoms with Gasteiger partial charge in [-0.15, -0.1) is 0 Å². The van der Waals surface area contributed by atoms with Crippen LogP contribution >= 0.6 is 0 Å². The summed E-state index contributed by atoms with van der Waals surface area (Å²) in [6, 6.07) is 25.1. The van der Waals surface area contributed by atoms with E-state index in [-0.39, 0.29) is 32.7 Å². The van der Waals surface area contributed by atoms with Gasteiger partial charge in [0.05, 0.1) is 0 Å². The second kappa shape index (κ2) is 8.74. The van der Waals surface area contributed by atoms with E-state index >= 15 is 0 Å². The molecule has 0 radical (unpaired) electrons. The summed E-state index contributed by atoms with van der Waals surface area (Å²) >= 11 is 0. The van der Waals surface area contributed by atoms with Crippen molar-refractivity contribution in [2.45, 2.75) is 0 Å². The van der Waals surface area contributed by atoms with Gasteiger partial charge in [0.1, 0.15) is 0 Å². The molecule has 7 aromatic rings. The van der Waals surface area contributed by atoms with Crippen LogP contribution in [0.2, 0.25) is 0 Å². The van der Waals surface area contributed by atoms with Crippen molar-refractivity contribution >= 4 is 43.1 Å². The second-order valence-electron chi connectivity index (χ2n) is 10.1. The van der Waals surface area contributed by atoms with Crippen LogP contribution in [0, 0.1) is 0 Å². The van der Waals surface area contributed by atoms with E-state index in [4.69, 9.17) is 0 Å². The highest BCUT2D eigenvalue weighted by atomic mass is 16.4. The average Bonchev–Trinajstić information content (AvgIpc) is 3.02. The Morgan fingerprint density at radius 1 is 0.333 bits per heavy atom. The minimum atomic E-state index is -1.00. The molecule has 42 heavy (non-hydrogen) atoms. The Labute approximate surface area is 237 Å². The Bertz CT molecular complexity index is 2200. The molecule has 0 heterocycles. The summed E-state index contributed by atoms with van der Waals surface area (Å²) in [5.74, 6) is -7.24. The number of benzene rings is 7. The fourth-order valence-corrected chi connectivity index (χ4v) is 5.97. The van der Waals surface area contributed by atoms with E-state index in [2.05, 4.69) is 0 Å². The summed E-state index contributed by atoms with van der Waals surface area (Å²) < 4.78 is 0. The van der Waals surface area contributed by atoms with Crippen molar-refractivity contribution in [3.63, 3.8) is 0 Å². The van der Waals surface area contributed by atoms with Gasteiger partial charge in [-0.3, -0.25) is 0 Å². The molecule has 0 spiro atoms. The van der Waals surface area contributed by atoms with Crippen molar-refractivity contribution in [2.24, 2.45) is 0 Å². The molecule has 7 aromatic carbocycles. The zero-order chi connectivity index (χ0) is 29.4. The van der Waals surface area contributed by atoms with Crippen molar-refractivity contribution in [3.8, 4) is 68.2 Å². The van der Waals surface area contributed by atoms with E-state index in [1.54, 1.807) is 42.5 Å². The number of phenols is 8. The molecule has 0 aromatic heterocycles. The van der Waals surface area contributed by atoms with Crippen LogP contribution in [-0.2, 0) is 0 Å². The minimum Gasteiger partial charge on any atom is -0.504 e. The van der Waals surface area contributed by atoms with Gasteiger partial charge >= 0.3 is 0 Å². The maximum absolute atomic E-state index is 11.4. The van der Waals surface area contributed by atoms with Crippen molar-refractivity contribution < 1.29 is 40.9 Å². The van der Waals surface area contributed by atoms with Crippen LogP contribution in [0.25, 0.3) is 65.3 Å². The molecular weight excluding hydrogens is 536 g/mol. The van der Waals surface area contributed by atoms with Crippen LogP contribution in [-0.4, -0.2) is 40.9 Å². The third-order valence-corrected chi connectivity index (χ3v) is 7.89. The van der Waals surface area contributed by atoms with E-state index in [0.29, 0.717) is 16.5 Å². The predicted octanol–water partition coefficient (Wildman–Crippen LogP) is 7.28. The van der Waals surface area contributed by atoms with Gasteiger partial charge in [-0.2, -0.15) is 0 Å². The number of fused-ring (bicyclic) bond motifs is 4. The molecule has 0 saturated heterocycles. The van der Waals surface area contributed by atoms with Gasteiger partial charge in [0.15, 0.2) is 23.0 Å². The summed E-state index contributed by atoms with van der Waals surface area (Å²) in [5, 5.41) is 90.7. The highest BCUT2D eigenvalue weighted by Gasteiger charge is 2.32. The SMILES string of the molecule is Oc1c(O)c(O)c2c(-c3cccc4ccccc34)c3c(O)c(O)c(O)c(O)c3c(-c3ccc4ccccc4c3)c2c1O. The monoisotopic (exact) mass is 558 g/mol. The van der Waals surface area contributed by atoms with Crippen molar-refractivity contribution in [2.75, 3.05) is 0 Å². The lowest BCUT2D eigenvalue weighted by Gasteiger charge is -2.23. The van der Waals surface area contributed by atoms with E-state index in [0.717, 1.165) is 16.2 Å². The number of hydrogen-bond donors (Lipinski definition) is 8. The number of phenolic OH excluding ortho intramolecular Hbond substituents is 8. The van der Waals surface area contributed by atoms with E-state index in [9.17, 15) is 40.9 Å². The molecule has 7 rings (SSSR count). The molecule has 0 unspecified atom stereocenters. The van der Waals surface area contributed by atoms with Crippen molar-refractivity contribution in [1.82, 2.24) is 0 Å². The first-order valence-electron chi connectivity index (χ1n) is 12.9. The van der Waals surface area contributed by atoms with E-state index < -0.39 is 46.0 Å². The van der Waals surface area contributed by atoms with Gasteiger partial charge in [-0.1, -0.05) is 78.9 Å². The van der Waals surface area contributed by atoms with Crippen LogP contribution in [0.4, 0.5) is 0 Å². The fourth-order valence-electron chi connectivity index (χ4n) is 5.97. The molecule has 0 aliphatic rings. The van der Waals surface area contributed by atoms with Gasteiger partial charge in [-0.05, 0) is 38.7 Å². The van der Waals surface area contributed by atoms with Gasteiger partial charge in [0, 0.05) is 32.7 Å². The average molecular weight is 559 g/mol. The zero-order valence-electron chi connectivity index (χ0n) is 21.7. The van der Waals surface area contributed by atoms with Gasteiger partial charge in [-0.25, -0.2) is 0 Å². The zero-order valence-corrected chi connectivity index (χ0v) is 21.7. The quantitative estimate of drug-likeness (QED) is 0.0624. The summed E-state index contributed by atoms with van der Waals surface area (Å²) in [7, 11) is 0. The lowest BCUT2D eigenvalue weighted by molar-refractivity contribution is 0.350. The fraction of sp³-hybridized carbons (Fsp3) is 0. The van der Waals surface area contributed by atoms with Gasteiger partial charge < -0.3 is 40.9 Å². The van der Waals surface area contributed by atoms with Crippen molar-refractivity contribution in [1.29, 1.82) is 0 Å². The maximum Gasteiger partial charge on any atom is 0.204 e. The Kier molecular flexibility index (Phi) is 5.20. The van der Waals surface area contributed by atoms with Gasteiger partial charge in [0.25, 0.3) is 0 Å². The van der Waals surface area contributed by atoms with Crippen LogP contribution in [0.1, 0.15) is 0 Å². The smallest absolute Gasteiger partial charge is 0.204 e. The highest BCUT2D eigenvalue weighted by Crippen LogP contribution is 2.62. The van der Waals surface area contributed by atoms with E-state index in [1.807, 2.05) is 42.5 Å². The molecule has 0 amide bonds. The molecule has 0 aliphatic carbocycles. The standard InChI is InChI=1S/C34H22O8/c35-27-23-21(18-13-12-15-6-1-2-8-17(15)14-18)24-26(30(38)34(42)32(40)28(24)36)22(25(23)29(37)33(41)31(27)39)20-11-5-9-16-7-3-4-10-19(16)20/h1-14,35-42H. The molecule has 0 aliphatic heterocycles. The van der Waals surface area contributed by atoms with Crippen LogP contribution in [0.5, 0.6) is 46.0 Å². The van der Waals surface area contributed by atoms with Gasteiger partial charge in [0.2, 0.25) is 23.0 Å². The summed E-state index contributed by atoms with van der Waals surface area (Å²) in [6.07, 6.45) is 0. The summed E-state index contributed by atoms with van der Waals surface area (Å²) in [5.41, 5.74) is 0.800. The first-order valence-corrected chi connectivity index (χ1v) is 12.9. The molecule has 206 valence electrons. The highest BCUT2D eigenvalue weighted by molar-refractivity contribution is 6.30. The summed E-state index contributed by atoms with van der Waals surface area (Å²) in [6.45, 7) is 0. The second-order valence-corrected chi connectivity index (χ2v) is 10.1. The molecule has 0 atom stereocenters. The minimum absolute atomic E-state index is 0.0148. The molecule has 0 bridgehead atoms. The molecule has 8 heteroatoms. The Balaban J connectivity index is 1.85. The molecule has 0 saturated carbocycles. The van der Waals surface area contributed by atoms with Crippen LogP contribution < -0.4 is 0 Å². The topological polar surface area (TPSA) is 162 Å². The molecular formula is C34H22O8. The lowest BCUT2D eigenvalue weighted by Crippen LogP contribution is -1.95. The number of rotatable bonds is 2. The normalized spacial score (nSPS) is 11.6. The lowest BCUT2D eigenvalue weighted by atomic mass is 9.82. The van der Waals surface area contributed by atoms with Crippen molar-refractivity contribution in [3.05, 3.63) is 84.9 Å². The molecule has 8 N–H and O–H groups in total. The number of hydrogen-bond acceptors (Lipinski definition) is 8. The Morgan fingerprint density at radius 3 is 1.36 bits per heavy atom. The summed E-state index contributed by atoms with van der Waals surface area (Å²) in [4.78, 5) is 0. The van der Waals surface area contributed by atoms with E-state index in [1.165, 1.54) is 0 Å². The Hall–Kier alpha value is -6.02. The maximum atomic E-state index is 11.4. The first-order chi connectivity index (χ1) is 20.2. The Morgan fingerprint density at radius 2 is 0.786 bits per heavy atom. The van der Waals surface area contributed by atoms with Crippen LogP contribution in [0.3, 0.4) is 0 Å². The molecule has 0 fully saturated rings. The third-order valence-electron chi connectivity index (χ3n) is 7.89. The third kappa shape index (κ3) is 3.23. The first kappa shape index (κ1) is 25.0. The molecule has 8 nitrogen and oxygen atoms in total. The van der Waals surface area contributed by atoms with Crippen LogP contribution in [0.15, 0.2) is 84.9 Å². The largest absolute Gasteiger partial charge is 0.504 e. The number of aromatic hydroxyl groups is 8.